The van der Waals surface area contributed by atoms with E-state index in [1.807, 2.05) is 0 Å². The highest BCUT2D eigenvalue weighted by Crippen LogP contribution is 2.40. The predicted molar refractivity (Wildman–Crippen MR) is 191 cm³/mol. The van der Waals surface area contributed by atoms with E-state index in [0.717, 1.165) is 13.8 Å². The van der Waals surface area contributed by atoms with Gasteiger partial charge in [-0.2, -0.15) is 0 Å². The van der Waals surface area contributed by atoms with Crippen LogP contribution in [0.25, 0.3) is 0 Å². The van der Waals surface area contributed by atoms with Gasteiger partial charge >= 0.3 is 11.9 Å². The molecule has 4 rings (SSSR count). The number of amides is 2. The van der Waals surface area contributed by atoms with Gasteiger partial charge in [0, 0.05) is 26.7 Å². The van der Waals surface area contributed by atoms with Crippen LogP contribution >= 0.6 is 0 Å². The average Bonchev–Trinajstić information content (AvgIpc) is 3.22. The molecule has 4 heterocycles. The summed E-state index contributed by atoms with van der Waals surface area (Å²) in [5.41, 5.74) is 0. The first kappa shape index (κ1) is 52.7. The summed E-state index contributed by atoms with van der Waals surface area (Å²) in [7, 11) is 0. The van der Waals surface area contributed by atoms with Gasteiger partial charge in [0.05, 0.1) is 50.7 Å². The summed E-state index contributed by atoms with van der Waals surface area (Å²) in [6, 6.07) is -3.31. The zero-order valence-electron chi connectivity index (χ0n) is 33.4. The fourth-order valence-corrected chi connectivity index (χ4v) is 7.75. The van der Waals surface area contributed by atoms with E-state index in [0.29, 0.717) is 0 Å². The van der Waals surface area contributed by atoms with Crippen LogP contribution in [0.5, 0.6) is 0 Å². The molecule has 0 aromatic heterocycles. The third kappa shape index (κ3) is 11.2. The lowest BCUT2D eigenvalue weighted by Gasteiger charge is -2.51. The summed E-state index contributed by atoms with van der Waals surface area (Å²) < 4.78 is 38.7. The molecule has 0 aromatic carbocycles. The molecule has 0 unspecified atom stereocenters. The van der Waals surface area contributed by atoms with Gasteiger partial charge in [0.25, 0.3) is 11.6 Å². The zero-order valence-corrected chi connectivity index (χ0v) is 33.4. The van der Waals surface area contributed by atoms with Gasteiger partial charge in [-0.15, -0.1) is 0 Å². The SMILES string of the molecule is CC(=O)N[C@H]1[C@H]([C@H](O)[C@H](O)CO)O[C@@](O[C@H]2[C@@H](O)[C@@H](CO)O[C@@H](O[C@H]3[C@H](O)[C@@H](O[C@]4(C(=O)O)C[C@H](O)[C@@H](NC(C)=O)[C@H]([C@H](O)[C@H](O)CO)O4)[C@@H](O)O[C@@H]3CO)[C@@H]2O)(C(=O)O)C[C@@H]1O. The van der Waals surface area contributed by atoms with Crippen molar-refractivity contribution < 1.29 is 134 Å². The summed E-state index contributed by atoms with van der Waals surface area (Å²) in [6.07, 6.45) is -41.1. The number of aliphatic hydroxyl groups is 14. The molecule has 0 saturated carbocycles. The molecule has 2 amide bonds. The van der Waals surface area contributed by atoms with Gasteiger partial charge < -0.3 is 125 Å². The normalized spacial score (nSPS) is 42.9. The highest BCUT2D eigenvalue weighted by molar-refractivity contribution is 5.77. The van der Waals surface area contributed by atoms with Crippen molar-refractivity contribution in [3.63, 3.8) is 0 Å². The van der Waals surface area contributed by atoms with Crippen molar-refractivity contribution in [3.8, 4) is 0 Å². The maximum Gasteiger partial charge on any atom is 0.364 e. The zero-order chi connectivity index (χ0) is 47.5. The molecule has 0 radical (unpaired) electrons. The molecule has 29 nitrogen and oxygen atoms in total. The third-order valence-electron chi connectivity index (χ3n) is 11.0. The molecule has 0 spiro atoms. The molecule has 364 valence electrons. The number of carboxylic acid groups (broad SMARTS) is 2. The molecule has 18 N–H and O–H groups in total. The van der Waals surface area contributed by atoms with Crippen LogP contribution in [0, 0.1) is 0 Å². The average molecular weight is 925 g/mol. The van der Waals surface area contributed by atoms with Crippen LogP contribution in [0.3, 0.4) is 0 Å². The Kier molecular flexibility index (Phi) is 18.0. The van der Waals surface area contributed by atoms with Crippen molar-refractivity contribution in [1.29, 1.82) is 0 Å². The van der Waals surface area contributed by atoms with Crippen LogP contribution in [-0.2, 0) is 52.3 Å². The number of carbonyl (C=O) groups is 4. The summed E-state index contributed by atoms with van der Waals surface area (Å²) in [5, 5.41) is 173. The first-order valence-corrected chi connectivity index (χ1v) is 19.4. The first-order valence-electron chi connectivity index (χ1n) is 19.4. The Morgan fingerprint density at radius 2 is 1.05 bits per heavy atom. The number of carbonyl (C=O) groups excluding carboxylic acids is 2. The Bertz CT molecular complexity index is 1570. The van der Waals surface area contributed by atoms with E-state index >= 15 is 0 Å². The Labute approximate surface area is 355 Å². The van der Waals surface area contributed by atoms with Gasteiger partial charge in [0.2, 0.25) is 11.8 Å². The van der Waals surface area contributed by atoms with Crippen LogP contribution in [0.4, 0.5) is 0 Å². The molecule has 4 aliphatic heterocycles. The predicted octanol–water partition coefficient (Wildman–Crippen LogP) is -11.0. The minimum absolute atomic E-state index is 0.821. The quantitative estimate of drug-likeness (QED) is 0.0607. The second kappa shape index (κ2) is 21.6. The van der Waals surface area contributed by atoms with Crippen molar-refractivity contribution in [2.75, 3.05) is 26.4 Å². The fraction of sp³-hybridized carbons (Fsp3) is 0.882. The van der Waals surface area contributed by atoms with Crippen LogP contribution in [-0.4, -0.2) is 266 Å². The highest BCUT2D eigenvalue weighted by Gasteiger charge is 2.62. The first-order chi connectivity index (χ1) is 29.4. The van der Waals surface area contributed by atoms with Crippen molar-refractivity contribution in [3.05, 3.63) is 0 Å². The molecule has 22 atom stereocenters. The number of aliphatic carboxylic acids is 2. The summed E-state index contributed by atoms with van der Waals surface area (Å²) in [5.74, 6) is -12.2. The second-order valence-corrected chi connectivity index (χ2v) is 15.5. The van der Waals surface area contributed by atoms with E-state index in [-0.39, 0.29) is 0 Å². The minimum Gasteiger partial charge on any atom is -0.477 e. The number of aliphatic hydroxyl groups excluding tert-OH is 14. The minimum atomic E-state index is -3.19. The summed E-state index contributed by atoms with van der Waals surface area (Å²) in [6.45, 7) is -2.55. The van der Waals surface area contributed by atoms with Gasteiger partial charge in [-0.3, -0.25) is 9.59 Å². The van der Waals surface area contributed by atoms with E-state index in [1.165, 1.54) is 0 Å². The second-order valence-electron chi connectivity index (χ2n) is 15.5. The molecular formula is C34H56N2O27. The van der Waals surface area contributed by atoms with E-state index in [9.17, 15) is 101 Å². The molecular weight excluding hydrogens is 868 g/mol. The van der Waals surface area contributed by atoms with Crippen molar-refractivity contribution in [2.24, 2.45) is 0 Å². The molecule has 4 saturated heterocycles. The van der Waals surface area contributed by atoms with E-state index in [2.05, 4.69) is 10.6 Å². The Morgan fingerprint density at radius 3 is 1.43 bits per heavy atom. The van der Waals surface area contributed by atoms with Crippen molar-refractivity contribution in [2.45, 2.75) is 161 Å². The monoisotopic (exact) mass is 924 g/mol. The standard InChI is InChI=1S/C34H56N2O27/c1-9(41)35-17-11(43)3-33(31(53)54,60-25(17)19(47)13(45)5-37)62-27-21(49)15(7-39)58-30(23(27)51)59-24-16(8-40)57-29(52)28(22(24)50)63-34(32(55)56)4-12(44)18(36-10(2)42)26(61-34)20(48)14(46)6-38/h11-30,37-40,43-52H,3-8H2,1-2H3,(H,35,41)(H,36,42)(H,53,54)(H,55,56)/t11-,12-,13+,14+,15+,16+,17+,18+,19+,20+,21-,22-,23+,24+,25+,26+,27-,28+,29-,30-,33-,34-/m0/s1. The summed E-state index contributed by atoms with van der Waals surface area (Å²) >= 11 is 0. The Morgan fingerprint density at radius 1 is 0.619 bits per heavy atom. The molecule has 63 heavy (non-hydrogen) atoms. The number of ether oxygens (including phenoxy) is 7. The fourth-order valence-electron chi connectivity index (χ4n) is 7.75. The van der Waals surface area contributed by atoms with Gasteiger partial charge in [-0.25, -0.2) is 9.59 Å². The lowest BCUT2D eigenvalue weighted by Crippen LogP contribution is -2.71. The van der Waals surface area contributed by atoms with Gasteiger partial charge in [-0.05, 0) is 0 Å². The molecule has 0 aromatic rings. The third-order valence-corrected chi connectivity index (χ3v) is 11.0. The van der Waals surface area contributed by atoms with Gasteiger partial charge in [0.15, 0.2) is 12.6 Å². The lowest BCUT2D eigenvalue weighted by molar-refractivity contribution is -0.398. The molecule has 0 aliphatic carbocycles. The van der Waals surface area contributed by atoms with Crippen molar-refractivity contribution >= 4 is 23.8 Å². The molecule has 4 aliphatic rings. The van der Waals surface area contributed by atoms with E-state index in [4.69, 9.17) is 33.2 Å². The van der Waals surface area contributed by atoms with Crippen LogP contribution in [0.1, 0.15) is 26.7 Å². The summed E-state index contributed by atoms with van der Waals surface area (Å²) in [4.78, 5) is 49.5. The van der Waals surface area contributed by atoms with Crippen LogP contribution in [0.15, 0.2) is 0 Å². The lowest BCUT2D eigenvalue weighted by atomic mass is 9.88. The maximum atomic E-state index is 12.9. The maximum absolute atomic E-state index is 12.9. The highest BCUT2D eigenvalue weighted by atomic mass is 16.8. The topological polar surface area (TPSA) is 481 Å². The van der Waals surface area contributed by atoms with E-state index in [1.54, 1.807) is 0 Å². The Balaban J connectivity index is 1.67. The molecule has 4 fully saturated rings. The van der Waals surface area contributed by atoms with Gasteiger partial charge in [0.1, 0.15) is 85.5 Å². The van der Waals surface area contributed by atoms with Gasteiger partial charge in [-0.1, -0.05) is 0 Å². The van der Waals surface area contributed by atoms with Crippen LogP contribution < -0.4 is 10.6 Å². The number of hydrogen-bond donors (Lipinski definition) is 18. The number of carboxylic acids is 2. The largest absolute Gasteiger partial charge is 0.477 e. The smallest absolute Gasteiger partial charge is 0.364 e. The van der Waals surface area contributed by atoms with E-state index < -0.39 is 197 Å². The van der Waals surface area contributed by atoms with Crippen molar-refractivity contribution in [1.82, 2.24) is 10.6 Å². The number of hydrogen-bond acceptors (Lipinski definition) is 25. The number of rotatable bonds is 18. The molecule has 0 bridgehead atoms. The molecule has 29 heteroatoms. The number of nitrogens with one attached hydrogen (secondary N) is 2. The van der Waals surface area contributed by atoms with Crippen LogP contribution in [0.2, 0.25) is 0 Å². The Hall–Kier alpha value is -2.96.